The first kappa shape index (κ1) is 68.7. The third-order valence-corrected chi connectivity index (χ3v) is 19.7. The molecule has 0 bridgehead atoms. The average Bonchev–Trinajstić information content (AvgIpc) is 1.72. The summed E-state index contributed by atoms with van der Waals surface area (Å²) in [5.41, 5.74) is 1.49. The first-order valence-corrected chi connectivity index (χ1v) is 33.9. The summed E-state index contributed by atoms with van der Waals surface area (Å²) in [7, 11) is -26.1. The van der Waals surface area contributed by atoms with Gasteiger partial charge in [-0.05, 0) is 88.4 Å². The molecule has 3 aromatic rings. The molecule has 85 heavy (non-hydrogen) atoms. The first-order valence-electron chi connectivity index (χ1n) is 26.5. The number of carbonyl (C=O) groups excluding carboxylic acids is 2. The Morgan fingerprint density at radius 1 is 0.776 bits per heavy atom. The predicted octanol–water partition coefficient (Wildman–Crippen LogP) is 4.25. The van der Waals surface area contributed by atoms with Crippen molar-refractivity contribution in [2.45, 2.75) is 131 Å². The largest absolute Gasteiger partial charge is 0.490 e. The monoisotopic (exact) mass is 1290 g/mol. The van der Waals surface area contributed by atoms with Crippen LogP contribution in [0.4, 0.5) is 11.4 Å². The highest BCUT2D eigenvalue weighted by Gasteiger charge is 2.48. The Hall–Kier alpha value is -5.40. The summed E-state index contributed by atoms with van der Waals surface area (Å²) in [6, 6.07) is 9.10. The molecule has 1 aromatic heterocycles. The Balaban J connectivity index is 0.928. The number of aliphatic hydroxyl groups excluding tert-OH is 2. The summed E-state index contributed by atoms with van der Waals surface area (Å²) in [5.74, 6) is -0.443. The highest BCUT2D eigenvalue weighted by Crippen LogP contribution is 2.66. The summed E-state index contributed by atoms with van der Waals surface area (Å²) in [4.78, 5) is 90.6. The summed E-state index contributed by atoms with van der Waals surface area (Å²) in [6.07, 6.45) is 9.98. The SMILES string of the molecule is CCN1C(=CC=CC=CC2=[N+](CCCCCC(=O)NCCCCCC(=O)NC/C=C/c3cn([C@@H]4O[C@H](COP(=O)(O)OP(=O)(O)OP(=O)(O)O)[C@@H](O)[C@H]4O)c(=O)[nH]c3=O)c3ccc(S(=O)(=O)O)cc3C2(C)C)C(C)(C)c2cc(S(=O)(=O)O)ccc21. The molecule has 3 aliphatic heterocycles. The number of ether oxygens (including phenoxy) is 1. The highest BCUT2D eigenvalue weighted by atomic mass is 32.2. The molecule has 29 nitrogen and oxygen atoms in total. The summed E-state index contributed by atoms with van der Waals surface area (Å²) >= 11 is 0. The summed E-state index contributed by atoms with van der Waals surface area (Å²) in [6.45, 7) is 10.2. The molecule has 0 saturated carbocycles. The van der Waals surface area contributed by atoms with E-state index in [4.69, 9.17) is 14.5 Å². The second kappa shape index (κ2) is 27.7. The van der Waals surface area contributed by atoms with E-state index in [1.807, 2.05) is 70.0 Å². The number of fused-ring (bicyclic) bond motifs is 2. The van der Waals surface area contributed by atoms with Crippen molar-refractivity contribution >= 4 is 78.7 Å². The van der Waals surface area contributed by atoms with Gasteiger partial charge in [0.2, 0.25) is 17.5 Å². The Morgan fingerprint density at radius 2 is 1.40 bits per heavy atom. The number of H-pyrrole nitrogens is 1. The van der Waals surface area contributed by atoms with Crippen molar-refractivity contribution in [3.8, 4) is 0 Å². The van der Waals surface area contributed by atoms with Crippen molar-refractivity contribution in [3.63, 3.8) is 0 Å². The Morgan fingerprint density at radius 3 is 2.04 bits per heavy atom. The number of rotatable bonds is 29. The molecule has 34 heteroatoms. The highest BCUT2D eigenvalue weighted by molar-refractivity contribution is 7.86. The third kappa shape index (κ3) is 17.9. The fourth-order valence-corrected chi connectivity index (χ4v) is 14.1. The maximum absolute atomic E-state index is 12.7. The zero-order valence-corrected chi connectivity index (χ0v) is 51.1. The van der Waals surface area contributed by atoms with Crippen LogP contribution in [0.1, 0.15) is 109 Å². The van der Waals surface area contributed by atoms with Crippen LogP contribution >= 0.6 is 23.5 Å². The molecule has 2 amide bonds. The van der Waals surface area contributed by atoms with Crippen molar-refractivity contribution in [1.82, 2.24) is 20.2 Å². The lowest BCUT2D eigenvalue weighted by Gasteiger charge is -2.25. The van der Waals surface area contributed by atoms with Gasteiger partial charge in [0.15, 0.2) is 11.9 Å². The molecule has 0 spiro atoms. The Labute approximate surface area is 489 Å². The van der Waals surface area contributed by atoms with E-state index >= 15 is 0 Å². The van der Waals surface area contributed by atoms with Gasteiger partial charge in [-0.2, -0.15) is 30.0 Å². The lowest BCUT2D eigenvalue weighted by molar-refractivity contribution is -0.438. The number of hydrogen-bond donors (Lipinski definition) is 11. The van der Waals surface area contributed by atoms with Crippen LogP contribution in [0.2, 0.25) is 0 Å². The minimum absolute atomic E-state index is 0.0459. The lowest BCUT2D eigenvalue weighted by atomic mass is 9.81. The smallest absolute Gasteiger partial charge is 0.387 e. The lowest BCUT2D eigenvalue weighted by Crippen LogP contribution is -2.38. The molecule has 3 aliphatic rings. The van der Waals surface area contributed by atoms with Gasteiger partial charge in [0.25, 0.3) is 25.8 Å². The number of anilines is 1. The number of unbranched alkanes of at least 4 members (excludes halogenated alkanes) is 4. The van der Waals surface area contributed by atoms with Crippen molar-refractivity contribution in [3.05, 3.63) is 122 Å². The number of aromatic amines is 1. The number of phosphoric acid groups is 3. The second-order valence-electron chi connectivity index (χ2n) is 21.0. The minimum atomic E-state index is -5.86. The number of aliphatic hydroxyl groups is 2. The number of benzene rings is 2. The van der Waals surface area contributed by atoms with Gasteiger partial charge in [-0.25, -0.2) is 18.5 Å². The quantitative estimate of drug-likeness (QED) is 0.0152. The molecule has 1 fully saturated rings. The zero-order valence-electron chi connectivity index (χ0n) is 46.8. The normalized spacial score (nSPS) is 21.5. The third-order valence-electron chi connectivity index (χ3n) is 14.2. The molecule has 0 radical (unpaired) electrons. The number of aromatic nitrogens is 2. The molecule has 6 rings (SSSR count). The number of likely N-dealkylation sites (N-methyl/N-ethyl adjacent to an activating group) is 1. The maximum Gasteiger partial charge on any atom is 0.490 e. The van der Waals surface area contributed by atoms with Crippen LogP contribution in [0.25, 0.3) is 6.08 Å². The maximum atomic E-state index is 12.7. The van der Waals surface area contributed by atoms with E-state index in [1.54, 1.807) is 12.1 Å². The number of carbonyl (C=O) groups is 2. The van der Waals surface area contributed by atoms with Crippen LogP contribution < -0.4 is 26.8 Å². The number of allylic oxidation sites excluding steroid dienone is 6. The van der Waals surface area contributed by atoms with Crippen molar-refractivity contribution in [2.75, 3.05) is 37.7 Å². The van der Waals surface area contributed by atoms with Crippen LogP contribution in [0.5, 0.6) is 0 Å². The fraction of sp³-hybridized carbons (Fsp3) is 0.471. The standard InChI is InChI=1S/C51H69N6O23P3S2/c1-6-55-38-24-22-34(84(71,72)73)29-36(38)50(2,3)41(55)18-10-7-11-19-42-51(4,5)37-30-35(85(74,75)76)23-25-39(37)56(42)28-15-9-13-21-43(58)52-26-14-8-12-20-44(59)53-27-16-17-33-31-57(49(63)54-47(33)62)48-46(61)45(60)40(78-48)32-77-82(67,68)80-83(69,70)79-81(64,65)66/h7,10-11,16-19,22-25,29-31,40,45-46,48,60-61H,6,8-9,12-15,20-21,26-28,32H2,1-5H3,(H8-,52,53,54,58,59,62,63,64,65,66,67,68,69,70,71,72,73,74,75,76)/p+1/b17-16+/t40-,45-,46-,48-/m1/s1. The van der Waals surface area contributed by atoms with Crippen molar-refractivity contribution in [1.29, 1.82) is 0 Å². The number of phosphoric ester groups is 1. The molecular formula is C51H70N6O23P3S2+. The Bertz CT molecular complexity index is 3680. The molecule has 2 aromatic carbocycles. The summed E-state index contributed by atoms with van der Waals surface area (Å²) < 4.78 is 122. The number of nitrogens with one attached hydrogen (secondary N) is 3. The van der Waals surface area contributed by atoms with Crippen LogP contribution in [0.15, 0.2) is 104 Å². The van der Waals surface area contributed by atoms with Crippen molar-refractivity contribution in [2.24, 2.45) is 0 Å². The predicted molar refractivity (Wildman–Crippen MR) is 307 cm³/mol. The van der Waals surface area contributed by atoms with E-state index < -0.39 is 96.9 Å². The molecule has 11 N–H and O–H groups in total. The van der Waals surface area contributed by atoms with Gasteiger partial charge < -0.3 is 50.1 Å². The molecule has 1 saturated heterocycles. The molecule has 0 aliphatic carbocycles. The van der Waals surface area contributed by atoms with Gasteiger partial charge in [-0.15, -0.1) is 0 Å². The first-order chi connectivity index (χ1) is 39.5. The van der Waals surface area contributed by atoms with Gasteiger partial charge in [0.05, 0.1) is 27.4 Å². The van der Waals surface area contributed by atoms with Gasteiger partial charge in [-0.3, -0.25) is 37.6 Å². The van der Waals surface area contributed by atoms with E-state index in [0.29, 0.717) is 68.3 Å². The molecule has 2 unspecified atom stereocenters. The molecule has 4 heterocycles. The zero-order chi connectivity index (χ0) is 63.1. The van der Waals surface area contributed by atoms with Gasteiger partial charge >= 0.3 is 29.2 Å². The van der Waals surface area contributed by atoms with Gasteiger partial charge in [0, 0.05) is 79.6 Å². The summed E-state index contributed by atoms with van der Waals surface area (Å²) in [5, 5.41) is 26.6. The van der Waals surface area contributed by atoms with Crippen LogP contribution in [0, 0.1) is 0 Å². The van der Waals surface area contributed by atoms with Crippen molar-refractivity contribution < 1.29 is 101 Å². The van der Waals surface area contributed by atoms with E-state index in [-0.39, 0.29) is 46.6 Å². The number of hydrogen-bond acceptors (Lipinski definition) is 18. The van der Waals surface area contributed by atoms with E-state index in [9.17, 15) is 78.8 Å². The van der Waals surface area contributed by atoms with E-state index in [1.165, 1.54) is 36.4 Å². The average molecular weight is 1290 g/mol. The Kier molecular flexibility index (Phi) is 22.4. The number of amides is 2. The van der Waals surface area contributed by atoms with Gasteiger partial charge in [-0.1, -0.05) is 50.6 Å². The van der Waals surface area contributed by atoms with E-state index in [2.05, 4.69) is 33.3 Å². The topological polar surface area (TPSA) is 438 Å². The van der Waals surface area contributed by atoms with E-state index in [0.717, 1.165) is 34.5 Å². The number of nitrogens with zero attached hydrogens (tertiary/aromatic N) is 3. The molecule has 6 atom stereocenters. The van der Waals surface area contributed by atoms with Crippen LogP contribution in [0.3, 0.4) is 0 Å². The molecule has 468 valence electrons. The fourth-order valence-electron chi connectivity index (χ4n) is 10.0. The van der Waals surface area contributed by atoms with Gasteiger partial charge in [0.1, 0.15) is 24.9 Å². The molecular weight excluding hydrogens is 1220 g/mol. The van der Waals surface area contributed by atoms with Crippen LogP contribution in [-0.4, -0.2) is 138 Å². The minimum Gasteiger partial charge on any atom is -0.387 e. The second-order valence-corrected chi connectivity index (χ2v) is 28.3. The van der Waals surface area contributed by atoms with Crippen LogP contribution in [-0.2, 0) is 72.2 Å².